The van der Waals surface area contributed by atoms with Crippen molar-refractivity contribution in [1.29, 1.82) is 0 Å². The molecule has 0 unspecified atom stereocenters. The number of allylic oxidation sites excluding steroid dienone is 2. The summed E-state index contributed by atoms with van der Waals surface area (Å²) in [6.07, 6.45) is 6.46. The van der Waals surface area contributed by atoms with Crippen LogP contribution in [-0.2, 0) is 14.3 Å². The third-order valence-electron chi connectivity index (χ3n) is 5.53. The minimum absolute atomic E-state index is 0.0103. The number of esters is 1. The average Bonchev–Trinajstić information content (AvgIpc) is 3.23. The van der Waals surface area contributed by atoms with Crippen LogP contribution >= 0.6 is 0 Å². The van der Waals surface area contributed by atoms with E-state index in [2.05, 4.69) is 0 Å². The van der Waals surface area contributed by atoms with Crippen molar-refractivity contribution < 1.29 is 23.9 Å². The van der Waals surface area contributed by atoms with Crippen molar-refractivity contribution in [2.24, 2.45) is 11.8 Å². The van der Waals surface area contributed by atoms with Gasteiger partial charge in [0.15, 0.2) is 0 Å². The Bertz CT molecular complexity index is 993. The van der Waals surface area contributed by atoms with E-state index in [1.165, 1.54) is 22.8 Å². The maximum absolute atomic E-state index is 12.8. The first-order valence-electron chi connectivity index (χ1n) is 9.24. The molecule has 2 atom stereocenters. The molecule has 0 radical (unpaired) electrons. The molecule has 0 bridgehead atoms. The summed E-state index contributed by atoms with van der Waals surface area (Å²) in [5.41, 5.74) is 0.890. The highest BCUT2D eigenvalue weighted by atomic mass is 16.5. The van der Waals surface area contributed by atoms with Crippen molar-refractivity contribution in [3.63, 3.8) is 0 Å². The van der Waals surface area contributed by atoms with Gasteiger partial charge in [-0.2, -0.15) is 0 Å². The van der Waals surface area contributed by atoms with Gasteiger partial charge in [0.2, 0.25) is 17.7 Å². The number of amides is 2. The molecule has 28 heavy (non-hydrogen) atoms. The lowest BCUT2D eigenvalue weighted by molar-refractivity contribution is -0.139. The van der Waals surface area contributed by atoms with Crippen LogP contribution in [0.3, 0.4) is 0 Å². The number of ether oxygens (including phenoxy) is 1. The van der Waals surface area contributed by atoms with Crippen molar-refractivity contribution in [3.05, 3.63) is 48.2 Å². The quantitative estimate of drug-likeness (QED) is 0.462. The number of fused-ring (bicyclic) bond motifs is 2. The van der Waals surface area contributed by atoms with E-state index < -0.39 is 5.97 Å². The first-order valence-corrected chi connectivity index (χ1v) is 9.24. The third-order valence-corrected chi connectivity index (χ3v) is 5.53. The molecule has 7 nitrogen and oxygen atoms in total. The lowest BCUT2D eigenvalue weighted by atomic mass is 9.85. The Hall–Kier alpha value is -3.22. The molecule has 0 spiro atoms. The zero-order chi connectivity index (χ0) is 19.8. The number of methoxy groups -OCH3 is 1. The van der Waals surface area contributed by atoms with E-state index in [4.69, 9.17) is 4.74 Å². The minimum atomic E-state index is -0.524. The molecular weight excluding hydrogens is 360 g/mol. The molecule has 4 rings (SSSR count). The van der Waals surface area contributed by atoms with Crippen LogP contribution in [0.4, 0.5) is 0 Å². The zero-order valence-electron chi connectivity index (χ0n) is 15.5. The summed E-state index contributed by atoms with van der Waals surface area (Å²) < 4.78 is 6.18. The monoisotopic (exact) mass is 380 g/mol. The van der Waals surface area contributed by atoms with Gasteiger partial charge >= 0.3 is 5.97 Å². The largest absolute Gasteiger partial charge is 0.465 e. The van der Waals surface area contributed by atoms with Gasteiger partial charge in [0.25, 0.3) is 0 Å². The Morgan fingerprint density at radius 3 is 2.36 bits per heavy atom. The number of rotatable bonds is 4. The second kappa shape index (κ2) is 7.07. The lowest BCUT2D eigenvalue weighted by Gasteiger charge is -2.14. The van der Waals surface area contributed by atoms with Crippen molar-refractivity contribution in [1.82, 2.24) is 9.47 Å². The number of hydrogen-bond donors (Lipinski definition) is 0. The Morgan fingerprint density at radius 2 is 1.71 bits per heavy atom. The topological polar surface area (TPSA) is 85.7 Å². The minimum Gasteiger partial charge on any atom is -0.465 e. The predicted octanol–water partition coefficient (Wildman–Crippen LogP) is 2.41. The highest BCUT2D eigenvalue weighted by molar-refractivity contribution is 6.08. The van der Waals surface area contributed by atoms with Crippen molar-refractivity contribution in [2.75, 3.05) is 13.7 Å². The fourth-order valence-electron chi connectivity index (χ4n) is 4.08. The summed E-state index contributed by atoms with van der Waals surface area (Å²) in [5, 5.41) is 0.619. The molecule has 1 fully saturated rings. The van der Waals surface area contributed by atoms with Gasteiger partial charge < -0.3 is 4.74 Å². The second-order valence-corrected chi connectivity index (χ2v) is 7.05. The SMILES string of the molecule is COC(=O)c1cn(C(=O)CCN2C(=O)[C@H]3CC=CC[C@@H]3C2=O)c2ccccc12. The van der Waals surface area contributed by atoms with Crippen molar-refractivity contribution >= 4 is 34.6 Å². The van der Waals surface area contributed by atoms with E-state index in [0.717, 1.165) is 0 Å². The van der Waals surface area contributed by atoms with Crippen LogP contribution in [0.2, 0.25) is 0 Å². The maximum Gasteiger partial charge on any atom is 0.340 e. The molecule has 0 N–H and O–H groups in total. The Morgan fingerprint density at radius 1 is 1.07 bits per heavy atom. The molecule has 1 aromatic heterocycles. The summed E-state index contributed by atoms with van der Waals surface area (Å²) >= 11 is 0. The van der Waals surface area contributed by atoms with E-state index in [0.29, 0.717) is 29.3 Å². The summed E-state index contributed by atoms with van der Waals surface area (Å²) in [6, 6.07) is 7.04. The van der Waals surface area contributed by atoms with Crippen LogP contribution in [0.1, 0.15) is 34.4 Å². The van der Waals surface area contributed by atoms with E-state index in [9.17, 15) is 19.2 Å². The molecule has 1 aromatic carbocycles. The molecule has 1 aliphatic heterocycles. The molecule has 2 amide bonds. The van der Waals surface area contributed by atoms with Crippen LogP contribution in [0.25, 0.3) is 10.9 Å². The van der Waals surface area contributed by atoms with Crippen LogP contribution in [0.5, 0.6) is 0 Å². The van der Waals surface area contributed by atoms with Gasteiger partial charge in [0.05, 0.1) is 30.0 Å². The highest BCUT2D eigenvalue weighted by Crippen LogP contribution is 2.35. The summed E-state index contributed by atoms with van der Waals surface area (Å²) in [4.78, 5) is 51.1. The van der Waals surface area contributed by atoms with Gasteiger partial charge in [-0.05, 0) is 18.9 Å². The molecule has 0 saturated carbocycles. The molecule has 2 aromatic rings. The number of para-hydroxylation sites is 1. The number of nitrogens with zero attached hydrogens (tertiary/aromatic N) is 2. The molecular formula is C21H20N2O5. The lowest BCUT2D eigenvalue weighted by Crippen LogP contribution is -2.33. The Balaban J connectivity index is 1.54. The summed E-state index contributed by atoms with van der Waals surface area (Å²) in [5.74, 6) is -1.81. The fourth-order valence-corrected chi connectivity index (χ4v) is 4.08. The maximum atomic E-state index is 12.8. The first kappa shape index (κ1) is 18.2. The van der Waals surface area contributed by atoms with E-state index in [-0.39, 0.29) is 42.5 Å². The van der Waals surface area contributed by atoms with Gasteiger partial charge in [-0.1, -0.05) is 30.4 Å². The van der Waals surface area contributed by atoms with Gasteiger partial charge in [0.1, 0.15) is 0 Å². The fraction of sp³-hybridized carbons (Fsp3) is 0.333. The molecule has 2 heterocycles. The number of aromatic nitrogens is 1. The smallest absolute Gasteiger partial charge is 0.340 e. The number of hydrogen-bond acceptors (Lipinski definition) is 5. The first-order chi connectivity index (χ1) is 13.5. The van der Waals surface area contributed by atoms with Crippen LogP contribution in [-0.4, -0.2) is 46.8 Å². The molecule has 144 valence electrons. The summed E-state index contributed by atoms with van der Waals surface area (Å²) in [6.45, 7) is 0.0452. The number of imide groups is 1. The van der Waals surface area contributed by atoms with Gasteiger partial charge in [0, 0.05) is 24.5 Å². The molecule has 7 heteroatoms. The van der Waals surface area contributed by atoms with Crippen LogP contribution in [0.15, 0.2) is 42.6 Å². The third kappa shape index (κ3) is 2.83. The Labute approximate surface area is 161 Å². The molecule has 1 aliphatic carbocycles. The van der Waals surface area contributed by atoms with Crippen LogP contribution in [0, 0.1) is 11.8 Å². The number of carbonyl (C=O) groups is 4. The van der Waals surface area contributed by atoms with Gasteiger partial charge in [-0.15, -0.1) is 0 Å². The van der Waals surface area contributed by atoms with Gasteiger partial charge in [-0.25, -0.2) is 4.79 Å². The second-order valence-electron chi connectivity index (χ2n) is 7.05. The van der Waals surface area contributed by atoms with E-state index >= 15 is 0 Å². The normalized spacial score (nSPS) is 21.2. The van der Waals surface area contributed by atoms with Crippen molar-refractivity contribution in [3.8, 4) is 0 Å². The standard InChI is InChI=1S/C21H20N2O5/c1-28-21(27)16-12-23(17-9-5-4-6-13(16)17)18(24)10-11-22-19(25)14-7-2-3-8-15(14)20(22)26/h2-6,9,12,14-15H,7-8,10-11H2,1H3/t14-,15-/m0/s1. The Kier molecular flexibility index (Phi) is 4.58. The predicted molar refractivity (Wildman–Crippen MR) is 101 cm³/mol. The number of benzene rings is 1. The van der Waals surface area contributed by atoms with Crippen molar-refractivity contribution in [2.45, 2.75) is 19.3 Å². The number of likely N-dealkylation sites (tertiary alicyclic amines) is 1. The average molecular weight is 380 g/mol. The zero-order valence-corrected chi connectivity index (χ0v) is 15.5. The van der Waals surface area contributed by atoms with E-state index in [1.54, 1.807) is 24.3 Å². The molecule has 2 aliphatic rings. The summed E-state index contributed by atoms with van der Waals surface area (Å²) in [7, 11) is 1.29. The highest BCUT2D eigenvalue weighted by Gasteiger charge is 2.46. The van der Waals surface area contributed by atoms with Crippen LogP contribution < -0.4 is 0 Å². The van der Waals surface area contributed by atoms with E-state index in [1.807, 2.05) is 12.2 Å². The number of carbonyl (C=O) groups excluding carboxylic acids is 4. The molecule has 1 saturated heterocycles. The van der Waals surface area contributed by atoms with Gasteiger partial charge in [-0.3, -0.25) is 23.9 Å².